The van der Waals surface area contributed by atoms with Gasteiger partial charge in [-0.15, -0.1) is 0 Å². The molecule has 0 amide bonds. The molecule has 0 bridgehead atoms. The monoisotopic (exact) mass is 537 g/mol. The van der Waals surface area contributed by atoms with Gasteiger partial charge in [-0.1, -0.05) is 0 Å². The summed E-state index contributed by atoms with van der Waals surface area (Å²) in [6, 6.07) is 8.68. The second kappa shape index (κ2) is 12.6. The molecule has 1 aromatic heterocycles. The average Bonchev–Trinajstić information content (AvgIpc) is 3.30. The minimum absolute atomic E-state index is 0.208. The van der Waals surface area contributed by atoms with E-state index in [-0.39, 0.29) is 6.29 Å². The SMILES string of the molecule is CCC[CH2][Sn]([CH2]CCC)([CH2]CCC)[c]1cnc(-c2ccc(C3OCCCO3)cc2)s1. The maximum absolute atomic E-state index is 5.74. The van der Waals surface area contributed by atoms with E-state index in [0.717, 1.165) is 25.2 Å². The number of aromatic nitrogens is 1. The van der Waals surface area contributed by atoms with Gasteiger partial charge >= 0.3 is 192 Å². The van der Waals surface area contributed by atoms with Crippen LogP contribution in [0.4, 0.5) is 0 Å². The third-order valence-electron chi connectivity index (χ3n) is 6.31. The summed E-state index contributed by atoms with van der Waals surface area (Å²) in [5.41, 5.74) is 2.34. The molecule has 0 radical (unpaired) electrons. The summed E-state index contributed by atoms with van der Waals surface area (Å²) in [6.45, 7) is 8.59. The number of hydrogen-bond donors (Lipinski definition) is 0. The molecular formula is C25H39NO2SSn. The maximum atomic E-state index is 5.74. The van der Waals surface area contributed by atoms with Crippen molar-refractivity contribution in [1.82, 2.24) is 4.98 Å². The van der Waals surface area contributed by atoms with E-state index in [9.17, 15) is 0 Å². The van der Waals surface area contributed by atoms with Gasteiger partial charge in [0.05, 0.1) is 0 Å². The molecular weight excluding hydrogens is 497 g/mol. The van der Waals surface area contributed by atoms with Gasteiger partial charge in [-0.25, -0.2) is 0 Å². The summed E-state index contributed by atoms with van der Waals surface area (Å²) >= 11 is -0.372. The van der Waals surface area contributed by atoms with Crippen LogP contribution in [0, 0.1) is 0 Å². The Hall–Kier alpha value is -0.431. The first-order valence-electron chi connectivity index (χ1n) is 12.0. The number of benzene rings is 1. The van der Waals surface area contributed by atoms with Crippen LogP contribution in [0.15, 0.2) is 30.5 Å². The zero-order chi connectivity index (χ0) is 21.2. The van der Waals surface area contributed by atoms with Gasteiger partial charge < -0.3 is 0 Å². The van der Waals surface area contributed by atoms with Crippen LogP contribution in [-0.2, 0) is 9.47 Å². The Morgan fingerprint density at radius 1 is 0.900 bits per heavy atom. The van der Waals surface area contributed by atoms with Crippen molar-refractivity contribution in [1.29, 1.82) is 0 Å². The summed E-state index contributed by atoms with van der Waals surface area (Å²) in [6.07, 6.45) is 11.2. The van der Waals surface area contributed by atoms with Crippen LogP contribution in [0.1, 0.15) is 77.6 Å². The van der Waals surface area contributed by atoms with Gasteiger partial charge in [0.25, 0.3) is 0 Å². The van der Waals surface area contributed by atoms with E-state index in [1.807, 2.05) is 11.3 Å². The van der Waals surface area contributed by atoms with Crippen molar-refractivity contribution in [2.24, 2.45) is 0 Å². The van der Waals surface area contributed by atoms with E-state index >= 15 is 0 Å². The van der Waals surface area contributed by atoms with Crippen molar-refractivity contribution in [3.8, 4) is 10.6 Å². The molecule has 0 N–H and O–H groups in total. The molecule has 166 valence electrons. The van der Waals surface area contributed by atoms with E-state index < -0.39 is 18.4 Å². The minimum atomic E-state index is -2.38. The fraction of sp³-hybridized carbons (Fsp3) is 0.640. The molecule has 0 saturated carbocycles. The molecule has 3 rings (SSSR count). The van der Waals surface area contributed by atoms with Crippen molar-refractivity contribution in [2.75, 3.05) is 13.2 Å². The predicted octanol–water partition coefficient (Wildman–Crippen LogP) is 7.30. The fourth-order valence-electron chi connectivity index (χ4n) is 4.41. The fourth-order valence-corrected chi connectivity index (χ4v) is 24.1. The second-order valence-corrected chi connectivity index (χ2v) is 23.9. The third-order valence-corrected chi connectivity index (χ3v) is 25.5. The Morgan fingerprint density at radius 3 is 2.00 bits per heavy atom. The van der Waals surface area contributed by atoms with Gasteiger partial charge in [-0.3, -0.25) is 0 Å². The van der Waals surface area contributed by atoms with E-state index in [4.69, 9.17) is 14.5 Å². The van der Waals surface area contributed by atoms with Gasteiger partial charge in [0.1, 0.15) is 0 Å². The molecule has 30 heavy (non-hydrogen) atoms. The first-order chi connectivity index (χ1) is 14.7. The first kappa shape index (κ1) is 24.2. The molecule has 2 aromatic rings. The molecule has 2 heterocycles. The quantitative estimate of drug-likeness (QED) is 0.267. The van der Waals surface area contributed by atoms with Crippen LogP contribution >= 0.6 is 11.3 Å². The van der Waals surface area contributed by atoms with Crippen LogP contribution in [0.3, 0.4) is 0 Å². The second-order valence-electron chi connectivity index (χ2n) is 8.67. The Labute approximate surface area is 191 Å². The van der Waals surface area contributed by atoms with Crippen LogP contribution in [0.5, 0.6) is 0 Å². The average molecular weight is 536 g/mol. The zero-order valence-corrected chi connectivity index (χ0v) is 22.8. The Morgan fingerprint density at radius 2 is 1.47 bits per heavy atom. The number of rotatable bonds is 12. The van der Waals surface area contributed by atoms with E-state index in [0.29, 0.717) is 0 Å². The molecule has 0 spiro atoms. The van der Waals surface area contributed by atoms with Crippen molar-refractivity contribution >= 4 is 32.6 Å². The van der Waals surface area contributed by atoms with Crippen LogP contribution < -0.4 is 2.89 Å². The topological polar surface area (TPSA) is 31.4 Å². The Balaban J connectivity index is 1.81. The normalized spacial score (nSPS) is 15.6. The van der Waals surface area contributed by atoms with Crippen LogP contribution in [-0.4, -0.2) is 36.6 Å². The number of unbranched alkanes of at least 4 members (excludes halogenated alkanes) is 3. The molecule has 0 unspecified atom stereocenters. The van der Waals surface area contributed by atoms with Gasteiger partial charge in [-0.05, 0) is 0 Å². The van der Waals surface area contributed by atoms with Crippen molar-refractivity contribution in [2.45, 2.75) is 85.3 Å². The first-order valence-corrected chi connectivity index (χ1v) is 20.3. The predicted molar refractivity (Wildman–Crippen MR) is 131 cm³/mol. The van der Waals surface area contributed by atoms with E-state index in [1.165, 1.54) is 62.4 Å². The standard InChI is InChI=1S/C13H12NO2S.3C4H9.Sn/c1-7-15-13(16-8-1)11-4-2-10(3-5-11)12-14-6-9-17-12;3*1-3-4-2;/h2-6,13H,1,7-8H2;3*1,3-4H2,2H3;. The molecule has 0 atom stereocenters. The summed E-state index contributed by atoms with van der Waals surface area (Å²) in [5, 5.41) is 1.19. The van der Waals surface area contributed by atoms with Gasteiger partial charge in [0.2, 0.25) is 0 Å². The summed E-state index contributed by atoms with van der Waals surface area (Å²) in [4.78, 5) is 4.93. The van der Waals surface area contributed by atoms with E-state index in [1.54, 1.807) is 2.89 Å². The van der Waals surface area contributed by atoms with E-state index in [2.05, 4.69) is 51.2 Å². The van der Waals surface area contributed by atoms with Crippen LogP contribution in [0.25, 0.3) is 10.6 Å². The molecule has 1 aliphatic rings. The van der Waals surface area contributed by atoms with Crippen molar-refractivity contribution in [3.05, 3.63) is 36.0 Å². The summed E-state index contributed by atoms with van der Waals surface area (Å²) in [7, 11) is 0. The molecule has 1 aromatic carbocycles. The molecule has 1 saturated heterocycles. The summed E-state index contributed by atoms with van der Waals surface area (Å²) < 4.78 is 17.7. The molecule has 5 heteroatoms. The third kappa shape index (κ3) is 6.30. The Bertz CT molecular complexity index is 718. The molecule has 3 nitrogen and oxygen atoms in total. The van der Waals surface area contributed by atoms with Gasteiger partial charge in [0.15, 0.2) is 0 Å². The van der Waals surface area contributed by atoms with Gasteiger partial charge in [0, 0.05) is 0 Å². The number of ether oxygens (including phenoxy) is 2. The Kier molecular flexibility index (Phi) is 10.1. The number of hydrogen-bond acceptors (Lipinski definition) is 4. The molecule has 1 fully saturated rings. The summed E-state index contributed by atoms with van der Waals surface area (Å²) in [5.74, 6) is 0. The number of nitrogens with zero attached hydrogens (tertiary/aromatic N) is 1. The molecule has 1 aliphatic heterocycles. The van der Waals surface area contributed by atoms with Gasteiger partial charge in [-0.2, -0.15) is 0 Å². The zero-order valence-electron chi connectivity index (χ0n) is 19.1. The number of thiazole rings is 1. The van der Waals surface area contributed by atoms with Crippen LogP contribution in [0.2, 0.25) is 13.3 Å². The van der Waals surface area contributed by atoms with Crippen molar-refractivity contribution in [3.63, 3.8) is 0 Å². The van der Waals surface area contributed by atoms with Crippen molar-refractivity contribution < 1.29 is 9.47 Å². The molecule has 0 aliphatic carbocycles.